The Balaban J connectivity index is 1.81. The third kappa shape index (κ3) is 3.47. The van der Waals surface area contributed by atoms with Crippen LogP contribution in [0, 0.1) is 0 Å². The van der Waals surface area contributed by atoms with E-state index < -0.39 is 0 Å². The van der Waals surface area contributed by atoms with E-state index in [1.165, 1.54) is 0 Å². The fraction of sp³-hybridized carbons (Fsp3) is 0.0476. The highest BCUT2D eigenvalue weighted by atomic mass is 35.5. The Morgan fingerprint density at radius 3 is 2.40 bits per heavy atom. The molecular weight excluding hydrogens is 330 g/mol. The van der Waals surface area contributed by atoms with Gasteiger partial charge in [0, 0.05) is 6.42 Å². The van der Waals surface area contributed by atoms with Crippen molar-refractivity contribution in [1.29, 1.82) is 0 Å². The fourth-order valence-electron chi connectivity index (χ4n) is 2.77. The lowest BCUT2D eigenvalue weighted by Crippen LogP contribution is -2.15. The van der Waals surface area contributed by atoms with Crippen LogP contribution in [0.2, 0.25) is 5.02 Å². The molecule has 0 saturated carbocycles. The zero-order chi connectivity index (χ0) is 17.1. The van der Waals surface area contributed by atoms with Crippen LogP contribution in [-0.4, -0.2) is 11.5 Å². The first-order valence-corrected chi connectivity index (χ1v) is 8.48. The number of nitrogens with zero attached hydrogens (tertiary/aromatic N) is 2. The van der Waals surface area contributed by atoms with E-state index in [-0.39, 0.29) is 0 Å². The molecule has 0 fully saturated rings. The first-order chi connectivity index (χ1) is 12.3. The Labute approximate surface area is 151 Å². The van der Waals surface area contributed by atoms with Gasteiger partial charge in [0.25, 0.3) is 0 Å². The lowest BCUT2D eigenvalue weighted by atomic mass is 10.1. The average Bonchev–Trinajstić information content (AvgIpc) is 2.83. The largest absolute Gasteiger partial charge is 0.342 e. The smallest absolute Gasteiger partial charge is 0.113 e. The minimum Gasteiger partial charge on any atom is -0.342 e. The van der Waals surface area contributed by atoms with E-state index in [1.54, 1.807) is 0 Å². The van der Waals surface area contributed by atoms with Crippen LogP contribution in [0.15, 0.2) is 88.8 Å². The predicted molar refractivity (Wildman–Crippen MR) is 106 cm³/mol. The lowest BCUT2D eigenvalue weighted by molar-refractivity contribution is 1.41. The molecule has 0 saturated heterocycles. The van der Waals surface area contributed by atoms with Crippen LogP contribution in [-0.2, 0) is 0 Å². The van der Waals surface area contributed by atoms with Crippen LogP contribution in [0.1, 0.15) is 12.0 Å². The maximum Gasteiger partial charge on any atom is 0.113 e. The predicted octanol–water partition coefficient (Wildman–Crippen LogP) is 6.01. The van der Waals surface area contributed by atoms with Crippen molar-refractivity contribution in [3.8, 4) is 0 Å². The van der Waals surface area contributed by atoms with E-state index in [9.17, 15) is 0 Å². The number of hydrogen-bond donors (Lipinski definition) is 1. The third-order valence-electron chi connectivity index (χ3n) is 3.99. The second-order valence-electron chi connectivity index (χ2n) is 5.75. The van der Waals surface area contributed by atoms with Gasteiger partial charge in [-0.1, -0.05) is 66.2 Å². The van der Waals surface area contributed by atoms with Crippen LogP contribution in [0.25, 0.3) is 0 Å². The van der Waals surface area contributed by atoms with Gasteiger partial charge < -0.3 is 5.32 Å². The molecule has 0 aromatic heterocycles. The van der Waals surface area contributed by atoms with Gasteiger partial charge in [-0.25, -0.2) is 4.99 Å². The summed E-state index contributed by atoms with van der Waals surface area (Å²) >= 11 is 6.27. The van der Waals surface area contributed by atoms with Crippen molar-refractivity contribution in [2.24, 2.45) is 9.98 Å². The van der Waals surface area contributed by atoms with E-state index in [4.69, 9.17) is 21.6 Å². The van der Waals surface area contributed by atoms with Gasteiger partial charge in [0.1, 0.15) is 5.84 Å². The molecule has 0 spiro atoms. The summed E-state index contributed by atoms with van der Waals surface area (Å²) in [5.74, 6) is 0.820. The zero-order valence-corrected chi connectivity index (χ0v) is 14.2. The normalized spacial score (nSPS) is 15.1. The van der Waals surface area contributed by atoms with Crippen molar-refractivity contribution in [2.75, 3.05) is 5.32 Å². The molecule has 0 aliphatic carbocycles. The van der Waals surface area contributed by atoms with Crippen LogP contribution in [0.3, 0.4) is 0 Å². The minimum atomic E-state index is 0.601. The Hall–Kier alpha value is -2.91. The van der Waals surface area contributed by atoms with E-state index in [0.717, 1.165) is 34.2 Å². The van der Waals surface area contributed by atoms with Gasteiger partial charge in [-0.3, -0.25) is 4.99 Å². The van der Waals surface area contributed by atoms with Crippen molar-refractivity contribution >= 4 is 40.2 Å². The van der Waals surface area contributed by atoms with E-state index >= 15 is 0 Å². The number of anilines is 1. The summed E-state index contributed by atoms with van der Waals surface area (Å²) in [6.45, 7) is 0. The molecule has 0 radical (unpaired) electrons. The highest BCUT2D eigenvalue weighted by Crippen LogP contribution is 2.30. The highest BCUT2D eigenvalue weighted by molar-refractivity contribution is 6.33. The summed E-state index contributed by atoms with van der Waals surface area (Å²) in [4.78, 5) is 9.61. The molecule has 3 nitrogen and oxygen atoms in total. The number of nitrogens with one attached hydrogen (secondary N) is 1. The number of hydrogen-bond acceptors (Lipinski definition) is 2. The number of aliphatic imine (C=N–C) groups is 2. The fourth-order valence-corrected chi connectivity index (χ4v) is 2.95. The van der Waals surface area contributed by atoms with Gasteiger partial charge in [0.05, 0.1) is 27.8 Å². The number of rotatable bonds is 2. The SMILES string of the molecule is Clc1ccccc1N=C1CC(c2ccccc2)=Nc2ccccc2N1. The van der Waals surface area contributed by atoms with E-state index in [0.29, 0.717) is 11.4 Å². The zero-order valence-electron chi connectivity index (χ0n) is 13.5. The maximum absolute atomic E-state index is 6.27. The molecule has 122 valence electrons. The monoisotopic (exact) mass is 345 g/mol. The van der Waals surface area contributed by atoms with Crippen molar-refractivity contribution in [3.63, 3.8) is 0 Å². The molecular formula is C21H16ClN3. The lowest BCUT2D eigenvalue weighted by Gasteiger charge is -2.09. The van der Waals surface area contributed by atoms with Crippen molar-refractivity contribution in [2.45, 2.75) is 6.42 Å². The van der Waals surface area contributed by atoms with Gasteiger partial charge in [0.2, 0.25) is 0 Å². The van der Waals surface area contributed by atoms with Gasteiger partial charge in [-0.05, 0) is 29.8 Å². The van der Waals surface area contributed by atoms with E-state index in [1.807, 2.05) is 66.7 Å². The summed E-state index contributed by atoms with van der Waals surface area (Å²) in [5.41, 5.74) is 4.67. The molecule has 1 aliphatic rings. The Kier molecular flexibility index (Phi) is 4.32. The number of fused-ring (bicyclic) bond motifs is 1. The summed E-state index contributed by atoms with van der Waals surface area (Å²) in [6.07, 6.45) is 0.601. The van der Waals surface area contributed by atoms with Crippen molar-refractivity contribution in [1.82, 2.24) is 0 Å². The average molecular weight is 346 g/mol. The Bertz CT molecular complexity index is 962. The van der Waals surface area contributed by atoms with Crippen molar-refractivity contribution < 1.29 is 0 Å². The van der Waals surface area contributed by atoms with Gasteiger partial charge in [0.15, 0.2) is 0 Å². The molecule has 3 aromatic carbocycles. The van der Waals surface area contributed by atoms with Gasteiger partial charge in [-0.2, -0.15) is 0 Å². The molecule has 4 heteroatoms. The van der Waals surface area contributed by atoms with Crippen LogP contribution in [0.5, 0.6) is 0 Å². The van der Waals surface area contributed by atoms with Crippen LogP contribution >= 0.6 is 11.6 Å². The molecule has 1 aliphatic heterocycles. The summed E-state index contributed by atoms with van der Waals surface area (Å²) in [7, 11) is 0. The molecule has 0 unspecified atom stereocenters. The van der Waals surface area contributed by atoms with Gasteiger partial charge in [-0.15, -0.1) is 0 Å². The molecule has 0 amide bonds. The van der Waals surface area contributed by atoms with Gasteiger partial charge >= 0.3 is 0 Å². The van der Waals surface area contributed by atoms with Crippen LogP contribution in [0.4, 0.5) is 17.1 Å². The quantitative estimate of drug-likeness (QED) is 0.607. The molecule has 0 bridgehead atoms. The summed E-state index contributed by atoms with van der Waals surface area (Å²) < 4.78 is 0. The molecule has 3 aromatic rings. The summed E-state index contributed by atoms with van der Waals surface area (Å²) in [6, 6.07) is 25.8. The van der Waals surface area contributed by atoms with E-state index in [2.05, 4.69) is 17.4 Å². The first kappa shape index (κ1) is 15.6. The second-order valence-corrected chi connectivity index (χ2v) is 6.16. The molecule has 1 N–H and O–H groups in total. The summed E-state index contributed by atoms with van der Waals surface area (Å²) in [5, 5.41) is 4.04. The Morgan fingerprint density at radius 2 is 1.56 bits per heavy atom. The minimum absolute atomic E-state index is 0.601. The Morgan fingerprint density at radius 1 is 0.840 bits per heavy atom. The number of para-hydroxylation sites is 3. The maximum atomic E-state index is 6.27. The molecule has 0 atom stereocenters. The third-order valence-corrected chi connectivity index (χ3v) is 4.31. The number of benzene rings is 3. The topological polar surface area (TPSA) is 36.8 Å². The molecule has 1 heterocycles. The van der Waals surface area contributed by atoms with Crippen molar-refractivity contribution in [3.05, 3.63) is 89.4 Å². The standard InChI is InChI=1S/C21H16ClN3/c22-16-10-4-5-11-17(16)24-21-14-20(15-8-2-1-3-9-15)23-18-12-6-7-13-19(18)25-21/h1-13H,14H2,(H,24,25). The van der Waals surface area contributed by atoms with Crippen LogP contribution < -0.4 is 5.32 Å². The molecule has 25 heavy (non-hydrogen) atoms. The number of halogens is 1. The second kappa shape index (κ2) is 6.91. The highest BCUT2D eigenvalue weighted by Gasteiger charge is 2.16. The number of amidine groups is 1. The molecule has 4 rings (SSSR count). The first-order valence-electron chi connectivity index (χ1n) is 8.11.